The van der Waals surface area contributed by atoms with Gasteiger partial charge in [-0.2, -0.15) is 0 Å². The van der Waals surface area contributed by atoms with Crippen molar-refractivity contribution in [2.75, 3.05) is 36.4 Å². The number of carbonyl (C=O) groups excluding carboxylic acids is 2. The molecule has 1 heterocycles. The summed E-state index contributed by atoms with van der Waals surface area (Å²) in [6.07, 6.45) is 0.953. The van der Waals surface area contributed by atoms with Crippen molar-refractivity contribution in [3.63, 3.8) is 0 Å². The molecule has 1 saturated heterocycles. The van der Waals surface area contributed by atoms with Crippen molar-refractivity contribution in [2.24, 2.45) is 0 Å². The van der Waals surface area contributed by atoms with Gasteiger partial charge in [0.2, 0.25) is 11.8 Å². The molecule has 0 atom stereocenters. The third-order valence-electron chi connectivity index (χ3n) is 3.83. The fourth-order valence-electron chi connectivity index (χ4n) is 2.58. The third-order valence-corrected chi connectivity index (χ3v) is 4.14. The molecule has 1 aromatic carbocycles. The molecule has 5 nitrogen and oxygen atoms in total. The average molecular weight is 324 g/mol. The molecule has 0 saturated carbocycles. The summed E-state index contributed by atoms with van der Waals surface area (Å²) in [4.78, 5) is 27.4. The topological polar surface area (TPSA) is 52.7 Å². The summed E-state index contributed by atoms with van der Waals surface area (Å²) in [5.74, 6) is 0.140. The van der Waals surface area contributed by atoms with Crippen molar-refractivity contribution in [2.45, 2.75) is 26.7 Å². The number of carbonyl (C=O) groups is 2. The Morgan fingerprint density at radius 2 is 1.82 bits per heavy atom. The van der Waals surface area contributed by atoms with Crippen LogP contribution in [-0.4, -0.2) is 42.9 Å². The number of nitrogens with zero attached hydrogens (tertiary/aromatic N) is 2. The maximum Gasteiger partial charge on any atom is 0.224 e. The first kappa shape index (κ1) is 16.6. The normalized spacial score (nSPS) is 14.9. The van der Waals surface area contributed by atoms with Gasteiger partial charge in [0.25, 0.3) is 0 Å². The molecule has 6 heteroatoms. The zero-order valence-electron chi connectivity index (χ0n) is 13.1. The lowest BCUT2D eigenvalue weighted by molar-refractivity contribution is -0.131. The van der Waals surface area contributed by atoms with E-state index in [9.17, 15) is 9.59 Å². The Hall–Kier alpha value is -1.75. The molecule has 2 amide bonds. The molecule has 0 unspecified atom stereocenters. The van der Waals surface area contributed by atoms with E-state index in [1.165, 1.54) is 0 Å². The smallest absolute Gasteiger partial charge is 0.224 e. The molecule has 1 fully saturated rings. The molecule has 1 aromatic rings. The Balaban J connectivity index is 2.15. The van der Waals surface area contributed by atoms with Crippen LogP contribution in [-0.2, 0) is 9.59 Å². The number of rotatable bonds is 4. The minimum atomic E-state index is -0.0386. The average Bonchev–Trinajstić information content (AvgIpc) is 2.54. The summed E-state index contributed by atoms with van der Waals surface area (Å²) in [5, 5.41) is 3.51. The van der Waals surface area contributed by atoms with E-state index in [2.05, 4.69) is 10.2 Å². The van der Waals surface area contributed by atoms with Gasteiger partial charge in [0.1, 0.15) is 0 Å². The van der Waals surface area contributed by atoms with E-state index >= 15 is 0 Å². The third kappa shape index (κ3) is 3.71. The van der Waals surface area contributed by atoms with Crippen molar-refractivity contribution < 1.29 is 9.59 Å². The van der Waals surface area contributed by atoms with Gasteiger partial charge in [-0.05, 0) is 12.1 Å². The molecule has 0 aliphatic carbocycles. The molecule has 120 valence electrons. The Kier molecular flexibility index (Phi) is 5.66. The fourth-order valence-corrected chi connectivity index (χ4v) is 2.87. The van der Waals surface area contributed by atoms with Crippen LogP contribution in [0.4, 0.5) is 11.4 Å². The van der Waals surface area contributed by atoms with Crippen molar-refractivity contribution >= 4 is 34.8 Å². The Morgan fingerprint density at radius 1 is 1.14 bits per heavy atom. The van der Waals surface area contributed by atoms with E-state index in [0.717, 1.165) is 11.4 Å². The molecule has 1 N–H and O–H groups in total. The summed E-state index contributed by atoms with van der Waals surface area (Å²) in [7, 11) is 0. The predicted molar refractivity (Wildman–Crippen MR) is 89.5 cm³/mol. The molecular formula is C16H22ClN3O2. The molecule has 0 bridgehead atoms. The lowest BCUT2D eigenvalue weighted by atomic mass is 10.2. The number of hydrogen-bond donors (Lipinski definition) is 1. The van der Waals surface area contributed by atoms with E-state index in [0.29, 0.717) is 44.0 Å². The summed E-state index contributed by atoms with van der Waals surface area (Å²) in [6, 6.07) is 5.51. The summed E-state index contributed by atoms with van der Waals surface area (Å²) in [6.45, 7) is 6.48. The minimum absolute atomic E-state index is 0.0386. The van der Waals surface area contributed by atoms with Crippen LogP contribution in [0, 0.1) is 0 Å². The van der Waals surface area contributed by atoms with Crippen LogP contribution >= 0.6 is 11.6 Å². The lowest BCUT2D eigenvalue weighted by Gasteiger charge is -2.37. The number of amides is 2. The highest BCUT2D eigenvalue weighted by atomic mass is 35.5. The van der Waals surface area contributed by atoms with Gasteiger partial charge >= 0.3 is 0 Å². The summed E-state index contributed by atoms with van der Waals surface area (Å²) in [5.41, 5.74) is 1.57. The molecule has 1 aliphatic heterocycles. The van der Waals surface area contributed by atoms with Crippen LogP contribution in [0.1, 0.15) is 26.7 Å². The number of piperazine rings is 1. The van der Waals surface area contributed by atoms with E-state index in [-0.39, 0.29) is 11.8 Å². The monoisotopic (exact) mass is 323 g/mol. The maximum absolute atomic E-state index is 11.8. The van der Waals surface area contributed by atoms with E-state index in [4.69, 9.17) is 11.6 Å². The second kappa shape index (κ2) is 7.49. The summed E-state index contributed by atoms with van der Waals surface area (Å²) < 4.78 is 0. The second-order valence-corrected chi connectivity index (χ2v) is 5.67. The fraction of sp³-hybridized carbons (Fsp3) is 0.500. The quantitative estimate of drug-likeness (QED) is 0.927. The second-order valence-electron chi connectivity index (χ2n) is 5.26. The highest BCUT2D eigenvalue weighted by Crippen LogP contribution is 2.34. The van der Waals surface area contributed by atoms with Gasteiger partial charge in [0.05, 0.1) is 16.4 Å². The van der Waals surface area contributed by atoms with E-state index in [1.807, 2.05) is 36.9 Å². The van der Waals surface area contributed by atoms with Crippen LogP contribution in [0.25, 0.3) is 0 Å². The highest BCUT2D eigenvalue weighted by molar-refractivity contribution is 6.34. The van der Waals surface area contributed by atoms with Crippen LogP contribution in [0.15, 0.2) is 18.2 Å². The lowest BCUT2D eigenvalue weighted by Crippen LogP contribution is -2.48. The number of para-hydroxylation sites is 1. The molecule has 0 aromatic heterocycles. The Bertz CT molecular complexity index is 554. The first-order valence-corrected chi connectivity index (χ1v) is 8.05. The van der Waals surface area contributed by atoms with E-state index in [1.54, 1.807) is 0 Å². The maximum atomic E-state index is 11.8. The van der Waals surface area contributed by atoms with Crippen LogP contribution in [0.2, 0.25) is 5.02 Å². The number of hydrogen-bond acceptors (Lipinski definition) is 3. The number of anilines is 2. The molecule has 2 rings (SSSR count). The van der Waals surface area contributed by atoms with Crippen molar-refractivity contribution in [3.05, 3.63) is 23.2 Å². The van der Waals surface area contributed by atoms with Gasteiger partial charge < -0.3 is 15.1 Å². The Labute approximate surface area is 136 Å². The van der Waals surface area contributed by atoms with Gasteiger partial charge in [0.15, 0.2) is 0 Å². The molecule has 0 radical (unpaired) electrons. The van der Waals surface area contributed by atoms with Gasteiger partial charge in [-0.25, -0.2) is 0 Å². The first-order valence-electron chi connectivity index (χ1n) is 7.67. The zero-order valence-corrected chi connectivity index (χ0v) is 13.8. The van der Waals surface area contributed by atoms with E-state index < -0.39 is 0 Å². The SMILES string of the molecule is CCC(=O)Nc1cccc(Cl)c1N1CCN(C(=O)CC)CC1. The molecule has 1 aliphatic rings. The molecule has 0 spiro atoms. The first-order chi connectivity index (χ1) is 10.6. The number of nitrogens with one attached hydrogen (secondary N) is 1. The van der Waals surface area contributed by atoms with Crippen LogP contribution in [0.3, 0.4) is 0 Å². The highest BCUT2D eigenvalue weighted by Gasteiger charge is 2.23. The number of halogens is 1. The van der Waals surface area contributed by atoms with Gasteiger partial charge in [-0.3, -0.25) is 9.59 Å². The molecule has 22 heavy (non-hydrogen) atoms. The van der Waals surface area contributed by atoms with Gasteiger partial charge in [-0.1, -0.05) is 31.5 Å². The van der Waals surface area contributed by atoms with Crippen molar-refractivity contribution in [1.29, 1.82) is 0 Å². The standard InChI is InChI=1S/C16H22ClN3O2/c1-3-14(21)18-13-7-5-6-12(17)16(13)20-10-8-19(9-11-20)15(22)4-2/h5-7H,3-4,8-11H2,1-2H3,(H,18,21). The minimum Gasteiger partial charge on any atom is -0.365 e. The van der Waals surface area contributed by atoms with Crippen molar-refractivity contribution in [3.8, 4) is 0 Å². The van der Waals surface area contributed by atoms with Crippen molar-refractivity contribution in [1.82, 2.24) is 4.90 Å². The molecular weight excluding hydrogens is 302 g/mol. The summed E-state index contributed by atoms with van der Waals surface area (Å²) >= 11 is 6.34. The zero-order chi connectivity index (χ0) is 16.1. The van der Waals surface area contributed by atoms with Gasteiger partial charge in [-0.15, -0.1) is 0 Å². The van der Waals surface area contributed by atoms with Crippen LogP contribution in [0.5, 0.6) is 0 Å². The predicted octanol–water partition coefficient (Wildman–Crippen LogP) is 2.75. The Morgan fingerprint density at radius 3 is 2.41 bits per heavy atom. The largest absolute Gasteiger partial charge is 0.365 e. The number of benzene rings is 1. The van der Waals surface area contributed by atoms with Crippen LogP contribution < -0.4 is 10.2 Å². The van der Waals surface area contributed by atoms with Gasteiger partial charge in [0, 0.05) is 39.0 Å².